The van der Waals surface area contributed by atoms with E-state index in [1.54, 1.807) is 0 Å². The predicted molar refractivity (Wildman–Crippen MR) is 82.4 cm³/mol. The van der Waals surface area contributed by atoms with E-state index < -0.39 is 0 Å². The van der Waals surface area contributed by atoms with Crippen LogP contribution in [0, 0.1) is 5.92 Å². The molecule has 0 fully saturated rings. The third-order valence-corrected chi connectivity index (χ3v) is 4.54. The molecule has 0 radical (unpaired) electrons. The summed E-state index contributed by atoms with van der Waals surface area (Å²) in [4.78, 5) is 0. The molecular weight excluding hydrogens is 238 g/mol. The normalized spacial score (nSPS) is 13.3. The quantitative estimate of drug-likeness (QED) is 0.809. The van der Waals surface area contributed by atoms with Gasteiger partial charge in [0.2, 0.25) is 0 Å². The van der Waals surface area contributed by atoms with Gasteiger partial charge in [-0.25, -0.2) is 0 Å². The number of fused-ring (bicyclic) bond motifs is 1. The van der Waals surface area contributed by atoms with Crippen LogP contribution in [-0.2, 0) is 6.42 Å². The Kier molecular flexibility index (Phi) is 4.79. The molecule has 0 aliphatic rings. The van der Waals surface area contributed by atoms with Crippen LogP contribution in [0.5, 0.6) is 0 Å². The van der Waals surface area contributed by atoms with Gasteiger partial charge in [0.15, 0.2) is 0 Å². The summed E-state index contributed by atoms with van der Waals surface area (Å²) in [7, 11) is 2.08. The van der Waals surface area contributed by atoms with Crippen molar-refractivity contribution < 1.29 is 0 Å². The maximum absolute atomic E-state index is 3.47. The van der Waals surface area contributed by atoms with Crippen LogP contribution in [0.1, 0.15) is 32.3 Å². The van der Waals surface area contributed by atoms with Gasteiger partial charge in [0, 0.05) is 10.7 Å². The molecule has 18 heavy (non-hydrogen) atoms. The molecule has 1 atom stereocenters. The number of hydrogen-bond donors (Lipinski definition) is 1. The highest BCUT2D eigenvalue weighted by Crippen LogP contribution is 2.27. The molecule has 0 saturated carbocycles. The third-order valence-electron chi connectivity index (χ3n) is 3.53. The monoisotopic (exact) mass is 261 g/mol. The van der Waals surface area contributed by atoms with Gasteiger partial charge in [0.25, 0.3) is 0 Å². The minimum Gasteiger partial charge on any atom is -0.317 e. The fraction of sp³-hybridized carbons (Fsp3) is 0.500. The maximum Gasteiger partial charge on any atom is 0.0345 e. The minimum absolute atomic E-state index is 0.602. The largest absolute Gasteiger partial charge is 0.317 e. The molecule has 0 aliphatic carbocycles. The second-order valence-corrected chi connectivity index (χ2v) is 6.33. The predicted octanol–water partition coefficient (Wildman–Crippen LogP) is 4.47. The summed E-state index contributed by atoms with van der Waals surface area (Å²) in [5.41, 5.74) is 1.50. The van der Waals surface area contributed by atoms with Crippen molar-refractivity contribution in [3.8, 4) is 0 Å². The van der Waals surface area contributed by atoms with E-state index in [1.165, 1.54) is 28.5 Å². The van der Waals surface area contributed by atoms with Gasteiger partial charge in [0.05, 0.1) is 0 Å². The van der Waals surface area contributed by atoms with Crippen molar-refractivity contribution in [2.45, 2.75) is 39.2 Å². The van der Waals surface area contributed by atoms with Gasteiger partial charge in [-0.2, -0.15) is 0 Å². The lowest BCUT2D eigenvalue weighted by Gasteiger charge is -2.17. The van der Waals surface area contributed by atoms with Crippen molar-refractivity contribution in [3.05, 3.63) is 35.2 Å². The number of benzene rings is 1. The second-order valence-electron chi connectivity index (χ2n) is 5.42. The summed E-state index contributed by atoms with van der Waals surface area (Å²) in [6.07, 6.45) is 3.71. The summed E-state index contributed by atoms with van der Waals surface area (Å²) in [5.74, 6) is 0.792. The lowest BCUT2D eigenvalue weighted by Crippen LogP contribution is -2.27. The van der Waals surface area contributed by atoms with Crippen LogP contribution in [0.2, 0.25) is 0 Å². The first kappa shape index (κ1) is 13.6. The summed E-state index contributed by atoms with van der Waals surface area (Å²) < 4.78 is 1.41. The Labute approximate surface area is 114 Å². The third kappa shape index (κ3) is 3.33. The van der Waals surface area contributed by atoms with Crippen molar-refractivity contribution in [1.82, 2.24) is 5.32 Å². The number of likely N-dealkylation sites (N-methyl/N-ethyl adjacent to an activating group) is 1. The average Bonchev–Trinajstić information content (AvgIpc) is 2.77. The van der Waals surface area contributed by atoms with E-state index in [-0.39, 0.29) is 0 Å². The van der Waals surface area contributed by atoms with E-state index >= 15 is 0 Å². The first-order chi connectivity index (χ1) is 8.70. The zero-order chi connectivity index (χ0) is 13.0. The molecule has 2 rings (SSSR count). The van der Waals surface area contributed by atoms with E-state index in [9.17, 15) is 0 Å². The molecule has 1 aromatic carbocycles. The van der Waals surface area contributed by atoms with Crippen LogP contribution >= 0.6 is 11.3 Å². The summed E-state index contributed by atoms with van der Waals surface area (Å²) in [6, 6.07) is 9.32. The molecule has 2 aromatic rings. The van der Waals surface area contributed by atoms with Crippen molar-refractivity contribution >= 4 is 21.4 Å². The lowest BCUT2D eigenvalue weighted by molar-refractivity contribution is 0.451. The summed E-state index contributed by atoms with van der Waals surface area (Å²) in [5, 5.41) is 7.23. The standard InChI is InChI=1S/C16H23NS/c1-12(2)8-9-14(17-3)10-13-11-18-16-7-5-4-6-15(13)16/h4-7,11-12,14,17H,8-10H2,1-3H3. The fourth-order valence-electron chi connectivity index (χ4n) is 2.34. The molecule has 0 saturated heterocycles. The zero-order valence-electron chi connectivity index (χ0n) is 11.6. The first-order valence-corrected chi connectivity index (χ1v) is 7.71. The van der Waals surface area contributed by atoms with Gasteiger partial charge in [-0.1, -0.05) is 32.0 Å². The van der Waals surface area contributed by atoms with Crippen molar-refractivity contribution in [3.63, 3.8) is 0 Å². The van der Waals surface area contributed by atoms with Crippen LogP contribution in [0.3, 0.4) is 0 Å². The van der Waals surface area contributed by atoms with E-state index in [0.29, 0.717) is 6.04 Å². The number of nitrogens with one attached hydrogen (secondary N) is 1. The Morgan fingerprint density at radius 1 is 1.17 bits per heavy atom. The molecule has 0 amide bonds. The van der Waals surface area contributed by atoms with Gasteiger partial charge < -0.3 is 5.32 Å². The Balaban J connectivity index is 2.07. The Bertz CT molecular complexity index is 487. The van der Waals surface area contributed by atoms with Gasteiger partial charge >= 0.3 is 0 Å². The van der Waals surface area contributed by atoms with Gasteiger partial charge in [-0.05, 0) is 54.6 Å². The van der Waals surface area contributed by atoms with Crippen LogP contribution in [0.25, 0.3) is 10.1 Å². The van der Waals surface area contributed by atoms with E-state index in [0.717, 1.165) is 12.3 Å². The van der Waals surface area contributed by atoms with Gasteiger partial charge in [-0.3, -0.25) is 0 Å². The molecule has 1 aromatic heterocycles. The highest BCUT2D eigenvalue weighted by atomic mass is 32.1. The minimum atomic E-state index is 0.602. The fourth-order valence-corrected chi connectivity index (χ4v) is 3.31. The molecule has 2 heteroatoms. The molecule has 0 bridgehead atoms. The summed E-state index contributed by atoms with van der Waals surface area (Å²) in [6.45, 7) is 4.60. The Hall–Kier alpha value is -0.860. The first-order valence-electron chi connectivity index (χ1n) is 6.83. The molecule has 98 valence electrons. The smallest absolute Gasteiger partial charge is 0.0345 e. The van der Waals surface area contributed by atoms with Crippen molar-refractivity contribution in [2.24, 2.45) is 5.92 Å². The van der Waals surface area contributed by atoms with Crippen LogP contribution < -0.4 is 5.32 Å². The van der Waals surface area contributed by atoms with Crippen molar-refractivity contribution in [1.29, 1.82) is 0 Å². The maximum atomic E-state index is 3.47. The topological polar surface area (TPSA) is 12.0 Å². The zero-order valence-corrected chi connectivity index (χ0v) is 12.4. The molecule has 1 nitrogen and oxygen atoms in total. The number of rotatable bonds is 6. The highest BCUT2D eigenvalue weighted by molar-refractivity contribution is 7.17. The lowest BCUT2D eigenvalue weighted by atomic mass is 9.98. The highest BCUT2D eigenvalue weighted by Gasteiger charge is 2.11. The second kappa shape index (κ2) is 6.35. The van der Waals surface area contributed by atoms with Gasteiger partial charge in [0.1, 0.15) is 0 Å². The van der Waals surface area contributed by atoms with Crippen molar-refractivity contribution in [2.75, 3.05) is 7.05 Å². The van der Waals surface area contributed by atoms with Crippen LogP contribution in [0.4, 0.5) is 0 Å². The van der Waals surface area contributed by atoms with Crippen LogP contribution in [0.15, 0.2) is 29.6 Å². The molecular formula is C16H23NS. The van der Waals surface area contributed by atoms with Gasteiger partial charge in [-0.15, -0.1) is 11.3 Å². The molecule has 0 aliphatic heterocycles. The molecule has 1 heterocycles. The average molecular weight is 261 g/mol. The van der Waals surface area contributed by atoms with E-state index in [1.807, 2.05) is 11.3 Å². The molecule has 1 unspecified atom stereocenters. The Morgan fingerprint density at radius 3 is 2.67 bits per heavy atom. The van der Waals surface area contributed by atoms with E-state index in [4.69, 9.17) is 0 Å². The number of thiophene rings is 1. The summed E-state index contributed by atoms with van der Waals surface area (Å²) >= 11 is 1.86. The van der Waals surface area contributed by atoms with E-state index in [2.05, 4.69) is 55.9 Å². The Morgan fingerprint density at radius 2 is 1.94 bits per heavy atom. The SMILES string of the molecule is CNC(CCC(C)C)Cc1csc2ccccc12. The van der Waals surface area contributed by atoms with Crippen LogP contribution in [-0.4, -0.2) is 13.1 Å². The molecule has 0 spiro atoms. The number of hydrogen-bond acceptors (Lipinski definition) is 2. The molecule has 1 N–H and O–H groups in total.